The molecule has 1 fully saturated rings. The first-order valence-electron chi connectivity index (χ1n) is 8.29. The molecule has 136 valence electrons. The van der Waals surface area contributed by atoms with Gasteiger partial charge in [-0.1, -0.05) is 0 Å². The summed E-state index contributed by atoms with van der Waals surface area (Å²) in [6.07, 6.45) is -0.748. The molecule has 1 aliphatic rings. The van der Waals surface area contributed by atoms with Crippen LogP contribution in [0, 0.1) is 5.82 Å². The fraction of sp³-hybridized carbons (Fsp3) is 0.529. The number of ether oxygens (including phenoxy) is 1. The van der Waals surface area contributed by atoms with E-state index in [9.17, 15) is 14.3 Å². The fourth-order valence-electron chi connectivity index (χ4n) is 2.85. The Hall–Kier alpha value is -2.35. The fourth-order valence-corrected chi connectivity index (χ4v) is 2.85. The zero-order valence-corrected chi connectivity index (χ0v) is 14.5. The summed E-state index contributed by atoms with van der Waals surface area (Å²) in [5.74, 6) is 0.254. The Morgan fingerprint density at radius 1 is 1.48 bits per heavy atom. The van der Waals surface area contributed by atoms with Gasteiger partial charge < -0.3 is 25.0 Å². The minimum Gasteiger partial charge on any atom is -0.444 e. The molecule has 0 saturated carbocycles. The number of hydrogen-bond acceptors (Lipinski definition) is 5. The molecule has 1 aromatic carbocycles. The van der Waals surface area contributed by atoms with Crippen LogP contribution in [0.25, 0.3) is 11.0 Å². The van der Waals surface area contributed by atoms with Crippen molar-refractivity contribution in [1.82, 2.24) is 15.3 Å². The van der Waals surface area contributed by atoms with E-state index >= 15 is 0 Å². The summed E-state index contributed by atoms with van der Waals surface area (Å²) in [5, 5.41) is 12.9. The normalized spacial score (nSPS) is 21.4. The Bertz CT molecular complexity index is 771. The van der Waals surface area contributed by atoms with Crippen LogP contribution in [-0.4, -0.2) is 52.0 Å². The molecule has 0 bridgehead atoms. The van der Waals surface area contributed by atoms with Crippen LogP contribution in [-0.2, 0) is 4.74 Å². The number of nitrogens with one attached hydrogen (secondary N) is 2. The van der Waals surface area contributed by atoms with Crippen molar-refractivity contribution in [1.29, 1.82) is 0 Å². The summed E-state index contributed by atoms with van der Waals surface area (Å²) < 4.78 is 18.6. The maximum Gasteiger partial charge on any atom is 0.408 e. The first kappa shape index (κ1) is 17.5. The van der Waals surface area contributed by atoms with Crippen molar-refractivity contribution in [3.8, 4) is 0 Å². The maximum absolute atomic E-state index is 13.3. The van der Waals surface area contributed by atoms with Gasteiger partial charge in [0, 0.05) is 13.1 Å². The lowest BCUT2D eigenvalue weighted by molar-refractivity contribution is 0.0399. The standard InChI is InChI=1S/C17H23FN4O3/c1-17(2,3)25-16(24)21-13-9-22(7-6-14(13)23)15-19-11-5-4-10(18)8-12(11)20-15/h4-5,8,13-14,23H,6-7,9H2,1-3H3,(H,19,20)(H,21,24)/t13-,14-/m1/s1. The molecule has 7 nitrogen and oxygen atoms in total. The summed E-state index contributed by atoms with van der Waals surface area (Å²) in [4.78, 5) is 21.4. The number of aliphatic hydroxyl groups excluding tert-OH is 1. The van der Waals surface area contributed by atoms with E-state index in [-0.39, 0.29) is 5.82 Å². The highest BCUT2D eigenvalue weighted by molar-refractivity contribution is 5.77. The van der Waals surface area contributed by atoms with Crippen LogP contribution in [0.3, 0.4) is 0 Å². The molecule has 0 radical (unpaired) electrons. The Kier molecular flexibility index (Phi) is 4.55. The van der Waals surface area contributed by atoms with Gasteiger partial charge in [0.1, 0.15) is 11.4 Å². The largest absolute Gasteiger partial charge is 0.444 e. The number of alkyl carbamates (subject to hydrolysis) is 1. The number of fused-ring (bicyclic) bond motifs is 1. The molecule has 1 aromatic heterocycles. The molecular formula is C17H23FN4O3. The zero-order valence-electron chi connectivity index (χ0n) is 14.5. The minimum atomic E-state index is -0.661. The first-order valence-corrected chi connectivity index (χ1v) is 8.29. The lowest BCUT2D eigenvalue weighted by Crippen LogP contribution is -2.56. The molecule has 1 saturated heterocycles. The van der Waals surface area contributed by atoms with Crippen molar-refractivity contribution < 1.29 is 19.0 Å². The van der Waals surface area contributed by atoms with E-state index in [1.807, 2.05) is 4.90 Å². The van der Waals surface area contributed by atoms with E-state index in [0.717, 1.165) is 0 Å². The van der Waals surface area contributed by atoms with Crippen molar-refractivity contribution >= 4 is 23.1 Å². The van der Waals surface area contributed by atoms with Crippen LogP contribution in [0.5, 0.6) is 0 Å². The van der Waals surface area contributed by atoms with Gasteiger partial charge in [0.25, 0.3) is 0 Å². The number of H-pyrrole nitrogens is 1. The lowest BCUT2D eigenvalue weighted by atomic mass is 10.0. The number of rotatable bonds is 2. The Balaban J connectivity index is 1.71. The van der Waals surface area contributed by atoms with E-state index in [4.69, 9.17) is 4.74 Å². The molecular weight excluding hydrogens is 327 g/mol. The number of halogens is 1. The number of aliphatic hydroxyl groups is 1. The molecule has 3 N–H and O–H groups in total. The van der Waals surface area contributed by atoms with Crippen LogP contribution >= 0.6 is 0 Å². The lowest BCUT2D eigenvalue weighted by Gasteiger charge is -2.36. The first-order chi connectivity index (χ1) is 11.7. The quantitative estimate of drug-likeness (QED) is 0.772. The number of nitrogens with zero attached hydrogens (tertiary/aromatic N) is 2. The number of piperidine rings is 1. The van der Waals surface area contributed by atoms with Gasteiger partial charge >= 0.3 is 6.09 Å². The van der Waals surface area contributed by atoms with Crippen molar-refractivity contribution in [2.75, 3.05) is 18.0 Å². The van der Waals surface area contributed by atoms with Gasteiger partial charge in [0.2, 0.25) is 5.95 Å². The second-order valence-electron chi connectivity index (χ2n) is 7.28. The highest BCUT2D eigenvalue weighted by Gasteiger charge is 2.31. The second kappa shape index (κ2) is 6.51. The third kappa shape index (κ3) is 4.19. The van der Waals surface area contributed by atoms with Crippen LogP contribution in [0.2, 0.25) is 0 Å². The van der Waals surface area contributed by atoms with Crippen LogP contribution in [0.15, 0.2) is 18.2 Å². The molecule has 25 heavy (non-hydrogen) atoms. The molecule has 2 heterocycles. The van der Waals surface area contributed by atoms with Crippen molar-refractivity contribution in [3.05, 3.63) is 24.0 Å². The van der Waals surface area contributed by atoms with Gasteiger partial charge in [-0.2, -0.15) is 0 Å². The molecule has 0 spiro atoms. The van der Waals surface area contributed by atoms with Crippen molar-refractivity contribution in [2.45, 2.75) is 44.9 Å². The number of carbonyl (C=O) groups is 1. The second-order valence-corrected chi connectivity index (χ2v) is 7.28. The predicted molar refractivity (Wildman–Crippen MR) is 92.0 cm³/mol. The maximum atomic E-state index is 13.3. The topological polar surface area (TPSA) is 90.5 Å². The van der Waals surface area contributed by atoms with Gasteiger partial charge in [-0.3, -0.25) is 0 Å². The van der Waals surface area contributed by atoms with E-state index < -0.39 is 23.8 Å². The monoisotopic (exact) mass is 350 g/mol. The SMILES string of the molecule is CC(C)(C)OC(=O)N[C@@H]1CN(c2nc3ccc(F)cc3[nH]2)CC[C@H]1O. The van der Waals surface area contributed by atoms with Crippen LogP contribution < -0.4 is 10.2 Å². The third-order valence-corrected chi connectivity index (χ3v) is 4.01. The molecule has 2 atom stereocenters. The summed E-state index contributed by atoms with van der Waals surface area (Å²) >= 11 is 0. The minimum absolute atomic E-state index is 0.332. The summed E-state index contributed by atoms with van der Waals surface area (Å²) in [5.41, 5.74) is 0.670. The number of imidazole rings is 1. The zero-order chi connectivity index (χ0) is 18.2. The van der Waals surface area contributed by atoms with Gasteiger partial charge in [-0.15, -0.1) is 0 Å². The van der Waals surface area contributed by atoms with Gasteiger partial charge in [-0.05, 0) is 45.4 Å². The van der Waals surface area contributed by atoms with Gasteiger partial charge in [0.05, 0.1) is 23.2 Å². The molecule has 2 aromatic rings. The Labute approximate surface area is 145 Å². The average molecular weight is 350 g/mol. The molecule has 3 rings (SSSR count). The smallest absolute Gasteiger partial charge is 0.408 e. The molecule has 1 amide bonds. The van der Waals surface area contributed by atoms with Crippen LogP contribution in [0.4, 0.5) is 15.1 Å². The third-order valence-electron chi connectivity index (χ3n) is 4.01. The van der Waals surface area contributed by atoms with Gasteiger partial charge in [0.15, 0.2) is 0 Å². The number of anilines is 1. The Morgan fingerprint density at radius 3 is 2.96 bits per heavy atom. The average Bonchev–Trinajstić information content (AvgIpc) is 2.90. The number of hydrogen-bond donors (Lipinski definition) is 3. The van der Waals surface area contributed by atoms with E-state index in [1.165, 1.54) is 12.1 Å². The molecule has 0 unspecified atom stereocenters. The highest BCUT2D eigenvalue weighted by Crippen LogP contribution is 2.22. The molecule has 8 heteroatoms. The summed E-state index contributed by atoms with van der Waals surface area (Å²) in [6, 6.07) is 3.88. The van der Waals surface area contributed by atoms with E-state index in [1.54, 1.807) is 26.8 Å². The number of amides is 1. The van der Waals surface area contributed by atoms with E-state index in [2.05, 4.69) is 15.3 Å². The summed E-state index contributed by atoms with van der Waals surface area (Å²) in [6.45, 7) is 6.30. The van der Waals surface area contributed by atoms with Gasteiger partial charge in [-0.25, -0.2) is 14.2 Å². The molecule has 0 aliphatic carbocycles. The Morgan fingerprint density at radius 2 is 2.24 bits per heavy atom. The van der Waals surface area contributed by atoms with E-state index in [0.29, 0.717) is 36.5 Å². The number of carbonyl (C=O) groups excluding carboxylic acids is 1. The molecule has 1 aliphatic heterocycles. The van der Waals surface area contributed by atoms with Crippen molar-refractivity contribution in [3.63, 3.8) is 0 Å². The summed E-state index contributed by atoms with van der Waals surface area (Å²) in [7, 11) is 0. The van der Waals surface area contributed by atoms with Crippen molar-refractivity contribution in [2.24, 2.45) is 0 Å². The number of aromatic amines is 1. The van der Waals surface area contributed by atoms with Crippen LogP contribution in [0.1, 0.15) is 27.2 Å². The highest BCUT2D eigenvalue weighted by atomic mass is 19.1. The number of benzene rings is 1. The predicted octanol–water partition coefficient (Wildman–Crippen LogP) is 2.17. The number of aromatic nitrogens is 2.